The zero-order valence-electron chi connectivity index (χ0n) is 15.0. The first-order chi connectivity index (χ1) is 13.5. The van der Waals surface area contributed by atoms with Crippen LogP contribution in [-0.2, 0) is 16.0 Å². The third kappa shape index (κ3) is 5.17. The lowest BCUT2D eigenvalue weighted by molar-refractivity contribution is -0.120. The molecule has 0 aliphatic rings. The number of rotatable bonds is 6. The second kappa shape index (κ2) is 9.14. The van der Waals surface area contributed by atoms with Crippen LogP contribution in [0.1, 0.15) is 21.7 Å². The van der Waals surface area contributed by atoms with Crippen LogP contribution in [-0.4, -0.2) is 25.2 Å². The fourth-order valence-corrected chi connectivity index (χ4v) is 2.73. The van der Waals surface area contributed by atoms with Crippen molar-refractivity contribution in [3.8, 4) is 11.3 Å². The summed E-state index contributed by atoms with van der Waals surface area (Å²) in [5.74, 6) is 0.511. The lowest BCUT2D eigenvalue weighted by atomic mass is 10.1. The average Bonchev–Trinajstić information content (AvgIpc) is 3.18. The summed E-state index contributed by atoms with van der Waals surface area (Å²) < 4.78 is 11.3. The number of carbonyl (C=O) groups excluding carboxylic acids is 2. The highest BCUT2D eigenvalue weighted by Crippen LogP contribution is 2.22. The maximum absolute atomic E-state index is 11.9. The van der Waals surface area contributed by atoms with Crippen LogP contribution in [0, 0.1) is 0 Å². The van der Waals surface area contributed by atoms with Gasteiger partial charge in [-0.25, -0.2) is 10.2 Å². The second-order valence-corrected chi connectivity index (χ2v) is 6.78. The zero-order chi connectivity index (χ0) is 19.9. The van der Waals surface area contributed by atoms with Crippen LogP contribution in [0.4, 0.5) is 0 Å². The van der Waals surface area contributed by atoms with Crippen molar-refractivity contribution >= 4 is 34.0 Å². The predicted molar refractivity (Wildman–Crippen MR) is 109 cm³/mol. The number of hydrogen-bond donors (Lipinski definition) is 1. The maximum atomic E-state index is 11.9. The first-order valence-electron chi connectivity index (χ1n) is 8.40. The normalized spacial score (nSPS) is 10.8. The standard InChI is InChI=1S/C21H17BrN2O4/c1-27-21(26)16-6-4-15(5-7-16)19-11-10-18(28-19)13-23-24-20(25)12-14-2-8-17(22)9-3-14/h2-11,13H,12H2,1H3,(H,24,25)/b23-13+. The molecule has 1 N–H and O–H groups in total. The maximum Gasteiger partial charge on any atom is 0.337 e. The van der Waals surface area contributed by atoms with Crippen molar-refractivity contribution < 1.29 is 18.7 Å². The number of halogens is 1. The van der Waals surface area contributed by atoms with E-state index in [2.05, 4.69) is 31.2 Å². The van der Waals surface area contributed by atoms with Crippen LogP contribution in [0.3, 0.4) is 0 Å². The molecule has 1 heterocycles. The van der Waals surface area contributed by atoms with Gasteiger partial charge in [0.25, 0.3) is 0 Å². The van der Waals surface area contributed by atoms with Gasteiger partial charge in [-0.3, -0.25) is 4.79 Å². The molecule has 3 aromatic rings. The van der Waals surface area contributed by atoms with E-state index >= 15 is 0 Å². The van der Waals surface area contributed by atoms with Gasteiger partial charge in [-0.15, -0.1) is 0 Å². The fourth-order valence-electron chi connectivity index (χ4n) is 2.46. The number of nitrogens with zero attached hydrogens (tertiary/aromatic N) is 1. The fraction of sp³-hybridized carbons (Fsp3) is 0.0952. The summed E-state index contributed by atoms with van der Waals surface area (Å²) >= 11 is 3.36. The molecule has 0 saturated heterocycles. The lowest BCUT2D eigenvalue weighted by Gasteiger charge is -2.01. The molecule has 2 aromatic carbocycles. The smallest absolute Gasteiger partial charge is 0.337 e. The number of amides is 1. The highest BCUT2D eigenvalue weighted by atomic mass is 79.9. The third-order valence-electron chi connectivity index (χ3n) is 3.88. The predicted octanol–water partition coefficient (Wildman–Crippen LogP) is 4.19. The highest BCUT2D eigenvalue weighted by Gasteiger charge is 2.08. The van der Waals surface area contributed by atoms with Gasteiger partial charge in [0, 0.05) is 10.0 Å². The van der Waals surface area contributed by atoms with Crippen molar-refractivity contribution in [1.29, 1.82) is 0 Å². The molecule has 0 bridgehead atoms. The highest BCUT2D eigenvalue weighted by molar-refractivity contribution is 9.10. The first-order valence-corrected chi connectivity index (χ1v) is 9.19. The number of ether oxygens (including phenoxy) is 1. The Morgan fingerprint density at radius 2 is 1.79 bits per heavy atom. The molecule has 142 valence electrons. The minimum absolute atomic E-state index is 0.219. The Morgan fingerprint density at radius 3 is 2.46 bits per heavy atom. The summed E-state index contributed by atoms with van der Waals surface area (Å²) in [6.07, 6.45) is 1.67. The summed E-state index contributed by atoms with van der Waals surface area (Å²) in [4.78, 5) is 23.4. The van der Waals surface area contributed by atoms with E-state index < -0.39 is 5.97 Å². The van der Waals surface area contributed by atoms with Gasteiger partial charge in [0.15, 0.2) is 0 Å². The van der Waals surface area contributed by atoms with Crippen molar-refractivity contribution in [1.82, 2.24) is 5.43 Å². The Balaban J connectivity index is 1.57. The Morgan fingerprint density at radius 1 is 1.07 bits per heavy atom. The largest absolute Gasteiger partial charge is 0.465 e. The van der Waals surface area contributed by atoms with Crippen LogP contribution in [0.2, 0.25) is 0 Å². The molecule has 0 unspecified atom stereocenters. The molecule has 6 nitrogen and oxygen atoms in total. The first kappa shape index (κ1) is 19.6. The van der Waals surface area contributed by atoms with Crippen molar-refractivity contribution in [3.05, 3.63) is 82.0 Å². The molecule has 1 aromatic heterocycles. The van der Waals surface area contributed by atoms with E-state index in [1.807, 2.05) is 24.3 Å². The van der Waals surface area contributed by atoms with E-state index in [9.17, 15) is 9.59 Å². The number of carbonyl (C=O) groups is 2. The van der Waals surface area contributed by atoms with Gasteiger partial charge >= 0.3 is 5.97 Å². The molecule has 0 aliphatic carbocycles. The molecular formula is C21H17BrN2O4. The molecule has 1 amide bonds. The number of benzene rings is 2. The number of furan rings is 1. The quantitative estimate of drug-likeness (QED) is 0.354. The molecule has 0 saturated carbocycles. The molecule has 0 radical (unpaired) electrons. The summed E-state index contributed by atoms with van der Waals surface area (Å²) in [6.45, 7) is 0. The van der Waals surface area contributed by atoms with Crippen LogP contribution in [0.25, 0.3) is 11.3 Å². The summed E-state index contributed by atoms with van der Waals surface area (Å²) in [5.41, 5.74) is 4.65. The minimum atomic E-state index is -0.391. The SMILES string of the molecule is COC(=O)c1ccc(-c2ccc(/C=N/NC(=O)Cc3ccc(Br)cc3)o2)cc1. The average molecular weight is 441 g/mol. The Bertz CT molecular complexity index is 992. The van der Waals surface area contributed by atoms with Crippen LogP contribution in [0.15, 0.2) is 74.7 Å². The molecule has 0 spiro atoms. The Labute approximate surface area is 170 Å². The topological polar surface area (TPSA) is 80.9 Å². The van der Waals surface area contributed by atoms with Crippen LogP contribution in [0.5, 0.6) is 0 Å². The van der Waals surface area contributed by atoms with E-state index in [0.717, 1.165) is 15.6 Å². The Hall–Kier alpha value is -3.19. The van der Waals surface area contributed by atoms with E-state index in [1.54, 1.807) is 36.4 Å². The van der Waals surface area contributed by atoms with Gasteiger partial charge in [0.05, 0.1) is 25.3 Å². The number of hydrazone groups is 1. The monoisotopic (exact) mass is 440 g/mol. The molecule has 0 aliphatic heterocycles. The molecule has 28 heavy (non-hydrogen) atoms. The van der Waals surface area contributed by atoms with E-state index in [1.165, 1.54) is 13.3 Å². The molecule has 0 atom stereocenters. The number of nitrogens with one attached hydrogen (secondary N) is 1. The zero-order valence-corrected chi connectivity index (χ0v) is 16.6. The van der Waals surface area contributed by atoms with Gasteiger partial charge < -0.3 is 9.15 Å². The Kier molecular flexibility index (Phi) is 6.39. The molecular weight excluding hydrogens is 424 g/mol. The second-order valence-electron chi connectivity index (χ2n) is 5.87. The van der Waals surface area contributed by atoms with Gasteiger partial charge in [-0.05, 0) is 42.0 Å². The van der Waals surface area contributed by atoms with Crippen molar-refractivity contribution in [2.45, 2.75) is 6.42 Å². The molecule has 0 fully saturated rings. The molecule has 7 heteroatoms. The summed E-state index contributed by atoms with van der Waals surface area (Å²) in [5, 5.41) is 3.92. The number of esters is 1. The number of hydrogen-bond acceptors (Lipinski definition) is 5. The van der Waals surface area contributed by atoms with Gasteiger partial charge in [0.2, 0.25) is 5.91 Å². The third-order valence-corrected chi connectivity index (χ3v) is 4.40. The van der Waals surface area contributed by atoms with Crippen molar-refractivity contribution in [3.63, 3.8) is 0 Å². The van der Waals surface area contributed by atoms with Gasteiger partial charge in [0.1, 0.15) is 11.5 Å². The molecule has 3 rings (SSSR count). The van der Waals surface area contributed by atoms with Crippen molar-refractivity contribution in [2.75, 3.05) is 7.11 Å². The number of methoxy groups -OCH3 is 1. The van der Waals surface area contributed by atoms with Gasteiger partial charge in [-0.2, -0.15) is 5.10 Å². The van der Waals surface area contributed by atoms with Crippen LogP contribution < -0.4 is 5.43 Å². The lowest BCUT2D eigenvalue weighted by Crippen LogP contribution is -2.19. The van der Waals surface area contributed by atoms with Crippen molar-refractivity contribution in [2.24, 2.45) is 5.10 Å². The summed E-state index contributed by atoms with van der Waals surface area (Å²) in [6, 6.07) is 17.9. The van der Waals surface area contributed by atoms with E-state index in [0.29, 0.717) is 17.1 Å². The van der Waals surface area contributed by atoms with E-state index in [4.69, 9.17) is 4.42 Å². The van der Waals surface area contributed by atoms with Crippen LogP contribution >= 0.6 is 15.9 Å². The van der Waals surface area contributed by atoms with Gasteiger partial charge in [-0.1, -0.05) is 40.2 Å². The van der Waals surface area contributed by atoms with E-state index in [-0.39, 0.29) is 12.3 Å². The minimum Gasteiger partial charge on any atom is -0.465 e. The summed E-state index contributed by atoms with van der Waals surface area (Å²) in [7, 11) is 1.34.